The van der Waals surface area contributed by atoms with E-state index in [0.29, 0.717) is 6.04 Å². The van der Waals surface area contributed by atoms with Crippen LogP contribution in [0, 0.1) is 23.7 Å². The van der Waals surface area contributed by atoms with Crippen LogP contribution in [0.25, 0.3) is 0 Å². The summed E-state index contributed by atoms with van der Waals surface area (Å²) in [6, 6.07) is 0.709. The third kappa shape index (κ3) is 2.50. The van der Waals surface area contributed by atoms with Crippen LogP contribution in [0.15, 0.2) is 12.2 Å². The Bertz CT molecular complexity index is 312. The van der Waals surface area contributed by atoms with E-state index in [1.165, 1.54) is 45.4 Å². The standard InChI is InChI=1S/C16H28N2/c1-3-18-7-6-14(11-18)10-17-12(2)16-9-13-4-5-15(16)8-13/h4-5,12-17H,3,6-11H2,1-2H3. The van der Waals surface area contributed by atoms with E-state index in [2.05, 4.69) is 36.2 Å². The second-order valence-electron chi connectivity index (χ2n) is 6.69. The number of hydrogen-bond donors (Lipinski definition) is 1. The summed E-state index contributed by atoms with van der Waals surface area (Å²) < 4.78 is 0. The lowest BCUT2D eigenvalue weighted by molar-refractivity contribution is 0.300. The van der Waals surface area contributed by atoms with Crippen LogP contribution >= 0.6 is 0 Å². The van der Waals surface area contributed by atoms with Crippen LogP contribution in [0.5, 0.6) is 0 Å². The van der Waals surface area contributed by atoms with Gasteiger partial charge in [0, 0.05) is 12.6 Å². The number of likely N-dealkylation sites (tertiary alicyclic amines) is 1. The van der Waals surface area contributed by atoms with Crippen molar-refractivity contribution in [2.24, 2.45) is 23.7 Å². The van der Waals surface area contributed by atoms with Crippen molar-refractivity contribution in [3.05, 3.63) is 12.2 Å². The Balaban J connectivity index is 1.42. The number of fused-ring (bicyclic) bond motifs is 2. The van der Waals surface area contributed by atoms with Gasteiger partial charge in [0.25, 0.3) is 0 Å². The molecule has 1 heterocycles. The zero-order valence-electron chi connectivity index (χ0n) is 11.9. The smallest absolute Gasteiger partial charge is 0.00729 e. The third-order valence-electron chi connectivity index (χ3n) is 5.52. The molecule has 0 aromatic carbocycles. The van der Waals surface area contributed by atoms with Gasteiger partial charge in [-0.2, -0.15) is 0 Å². The van der Waals surface area contributed by atoms with Gasteiger partial charge in [0.1, 0.15) is 0 Å². The van der Waals surface area contributed by atoms with Gasteiger partial charge in [-0.3, -0.25) is 0 Å². The predicted octanol–water partition coefficient (Wildman–Crippen LogP) is 2.52. The van der Waals surface area contributed by atoms with Crippen molar-refractivity contribution in [2.45, 2.75) is 39.2 Å². The van der Waals surface area contributed by atoms with Crippen molar-refractivity contribution in [1.29, 1.82) is 0 Å². The Morgan fingerprint density at radius 2 is 2.22 bits per heavy atom. The first-order chi connectivity index (χ1) is 8.76. The summed E-state index contributed by atoms with van der Waals surface area (Å²) in [7, 11) is 0. The lowest BCUT2D eigenvalue weighted by atomic mass is 9.87. The largest absolute Gasteiger partial charge is 0.314 e. The normalized spacial score (nSPS) is 40.8. The zero-order chi connectivity index (χ0) is 12.5. The first kappa shape index (κ1) is 12.7. The van der Waals surface area contributed by atoms with Crippen LogP contribution in [-0.4, -0.2) is 37.1 Å². The van der Waals surface area contributed by atoms with Crippen LogP contribution in [0.4, 0.5) is 0 Å². The van der Waals surface area contributed by atoms with Crippen molar-refractivity contribution in [2.75, 3.05) is 26.2 Å². The van der Waals surface area contributed by atoms with Crippen LogP contribution < -0.4 is 5.32 Å². The van der Waals surface area contributed by atoms with Gasteiger partial charge in [-0.25, -0.2) is 0 Å². The predicted molar refractivity (Wildman–Crippen MR) is 76.5 cm³/mol. The number of allylic oxidation sites excluding steroid dienone is 2. The second kappa shape index (κ2) is 5.34. The Labute approximate surface area is 112 Å². The maximum atomic E-state index is 3.84. The molecule has 1 saturated heterocycles. The van der Waals surface area contributed by atoms with Crippen LogP contribution in [0.3, 0.4) is 0 Å². The molecule has 2 nitrogen and oxygen atoms in total. The highest BCUT2D eigenvalue weighted by molar-refractivity contribution is 5.11. The Morgan fingerprint density at radius 1 is 1.33 bits per heavy atom. The molecule has 1 saturated carbocycles. The molecule has 18 heavy (non-hydrogen) atoms. The summed E-state index contributed by atoms with van der Waals surface area (Å²) in [5.41, 5.74) is 0. The maximum absolute atomic E-state index is 3.84. The van der Waals surface area contributed by atoms with E-state index in [9.17, 15) is 0 Å². The summed E-state index contributed by atoms with van der Waals surface area (Å²) >= 11 is 0. The fourth-order valence-electron chi connectivity index (χ4n) is 4.27. The fourth-order valence-corrected chi connectivity index (χ4v) is 4.27. The molecular formula is C16H28N2. The van der Waals surface area contributed by atoms with E-state index in [0.717, 1.165) is 23.7 Å². The van der Waals surface area contributed by atoms with Crippen molar-refractivity contribution in [3.8, 4) is 0 Å². The van der Waals surface area contributed by atoms with Gasteiger partial charge in [0.05, 0.1) is 0 Å². The molecule has 0 spiro atoms. The minimum Gasteiger partial charge on any atom is -0.314 e. The van der Waals surface area contributed by atoms with E-state index in [-0.39, 0.29) is 0 Å². The minimum absolute atomic E-state index is 0.709. The van der Waals surface area contributed by atoms with Gasteiger partial charge in [-0.15, -0.1) is 0 Å². The Kier molecular flexibility index (Phi) is 3.76. The molecule has 0 aromatic heterocycles. The molecule has 102 valence electrons. The Morgan fingerprint density at radius 3 is 2.83 bits per heavy atom. The molecule has 2 heteroatoms. The molecule has 2 bridgehead atoms. The van der Waals surface area contributed by atoms with Crippen LogP contribution in [-0.2, 0) is 0 Å². The first-order valence-electron chi connectivity index (χ1n) is 7.90. The molecule has 1 N–H and O–H groups in total. The highest BCUT2D eigenvalue weighted by atomic mass is 15.1. The molecule has 2 aliphatic carbocycles. The monoisotopic (exact) mass is 248 g/mol. The molecule has 5 unspecified atom stereocenters. The SMILES string of the molecule is CCN1CCC(CNC(C)C2CC3C=CC2C3)C1. The molecule has 0 radical (unpaired) electrons. The number of hydrogen-bond acceptors (Lipinski definition) is 2. The minimum atomic E-state index is 0.709. The summed E-state index contributed by atoms with van der Waals surface area (Å²) in [5.74, 6) is 3.59. The Hall–Kier alpha value is -0.340. The topological polar surface area (TPSA) is 15.3 Å². The molecule has 0 aromatic rings. The molecule has 1 aliphatic heterocycles. The number of nitrogens with one attached hydrogen (secondary N) is 1. The van der Waals surface area contributed by atoms with Gasteiger partial charge >= 0.3 is 0 Å². The van der Waals surface area contributed by atoms with E-state index >= 15 is 0 Å². The van der Waals surface area contributed by atoms with Crippen molar-refractivity contribution in [1.82, 2.24) is 10.2 Å². The van der Waals surface area contributed by atoms with E-state index in [1.54, 1.807) is 0 Å². The quantitative estimate of drug-likeness (QED) is 0.752. The van der Waals surface area contributed by atoms with E-state index < -0.39 is 0 Å². The fraction of sp³-hybridized carbons (Fsp3) is 0.875. The lowest BCUT2D eigenvalue weighted by Gasteiger charge is -2.27. The highest BCUT2D eigenvalue weighted by Gasteiger charge is 2.38. The first-order valence-corrected chi connectivity index (χ1v) is 7.90. The third-order valence-corrected chi connectivity index (χ3v) is 5.52. The summed E-state index contributed by atoms with van der Waals surface area (Å²) in [6.45, 7) is 9.77. The highest BCUT2D eigenvalue weighted by Crippen LogP contribution is 2.44. The van der Waals surface area contributed by atoms with Gasteiger partial charge in [-0.05, 0) is 69.5 Å². The van der Waals surface area contributed by atoms with E-state index in [4.69, 9.17) is 0 Å². The van der Waals surface area contributed by atoms with Crippen LogP contribution in [0.1, 0.15) is 33.1 Å². The molecule has 3 aliphatic rings. The molecule has 0 amide bonds. The van der Waals surface area contributed by atoms with Crippen molar-refractivity contribution >= 4 is 0 Å². The van der Waals surface area contributed by atoms with Crippen molar-refractivity contribution in [3.63, 3.8) is 0 Å². The maximum Gasteiger partial charge on any atom is 0.00729 e. The van der Waals surface area contributed by atoms with Gasteiger partial charge in [0.15, 0.2) is 0 Å². The van der Waals surface area contributed by atoms with Gasteiger partial charge in [-0.1, -0.05) is 19.1 Å². The summed E-state index contributed by atoms with van der Waals surface area (Å²) in [6.07, 6.45) is 9.18. The number of nitrogens with zero attached hydrogens (tertiary/aromatic N) is 1. The molecular weight excluding hydrogens is 220 g/mol. The molecule has 3 rings (SSSR count). The zero-order valence-corrected chi connectivity index (χ0v) is 11.9. The van der Waals surface area contributed by atoms with Crippen LogP contribution in [0.2, 0.25) is 0 Å². The van der Waals surface area contributed by atoms with E-state index in [1.807, 2.05) is 0 Å². The molecule has 2 fully saturated rings. The average molecular weight is 248 g/mol. The van der Waals surface area contributed by atoms with Gasteiger partial charge < -0.3 is 10.2 Å². The number of rotatable bonds is 5. The van der Waals surface area contributed by atoms with Gasteiger partial charge in [0.2, 0.25) is 0 Å². The second-order valence-corrected chi connectivity index (χ2v) is 6.69. The summed E-state index contributed by atoms with van der Waals surface area (Å²) in [5, 5.41) is 3.84. The average Bonchev–Trinajstić information content (AvgIpc) is 3.11. The van der Waals surface area contributed by atoms with Crippen molar-refractivity contribution < 1.29 is 0 Å². The summed E-state index contributed by atoms with van der Waals surface area (Å²) in [4.78, 5) is 2.58. The lowest BCUT2D eigenvalue weighted by Crippen LogP contribution is -2.39. The molecule has 5 atom stereocenters.